The number of benzene rings is 1. The van der Waals surface area contributed by atoms with E-state index in [4.69, 9.17) is 13.9 Å². The van der Waals surface area contributed by atoms with Crippen LogP contribution in [0.2, 0.25) is 0 Å². The fraction of sp³-hybridized carbons (Fsp3) is 0.250. The summed E-state index contributed by atoms with van der Waals surface area (Å²) >= 11 is 1.48. The monoisotopic (exact) mass is 330 g/mol. The van der Waals surface area contributed by atoms with Crippen molar-refractivity contribution in [3.05, 3.63) is 42.4 Å². The maximum Gasteiger partial charge on any atom is 0.289 e. The lowest BCUT2D eigenvalue weighted by molar-refractivity contribution is 0.0155. The molecule has 2 aromatic heterocycles. The molecule has 0 bridgehead atoms. The summed E-state index contributed by atoms with van der Waals surface area (Å²) in [6.07, 6.45) is 1.45. The van der Waals surface area contributed by atoms with Crippen LogP contribution >= 0.6 is 11.3 Å². The number of carbonyl (C=O) groups is 1. The molecule has 1 fully saturated rings. The summed E-state index contributed by atoms with van der Waals surface area (Å²) in [6.45, 7) is 1.07. The number of aromatic nitrogens is 1. The fourth-order valence-corrected chi connectivity index (χ4v) is 3.39. The van der Waals surface area contributed by atoms with Gasteiger partial charge in [0.15, 0.2) is 5.76 Å². The molecule has 0 radical (unpaired) electrons. The zero-order chi connectivity index (χ0) is 15.8. The van der Waals surface area contributed by atoms with Crippen LogP contribution in [0.3, 0.4) is 0 Å². The molecule has 1 aliphatic heterocycles. The topological polar surface area (TPSA) is 64.8 Å². The molecule has 4 rings (SSSR count). The summed E-state index contributed by atoms with van der Waals surface area (Å²) in [4.78, 5) is 18.2. The third kappa shape index (κ3) is 2.53. The van der Waals surface area contributed by atoms with Crippen molar-refractivity contribution in [2.24, 2.45) is 0 Å². The Morgan fingerprint density at radius 3 is 2.96 bits per heavy atom. The normalized spacial score (nSPS) is 14.7. The molecule has 0 saturated carbocycles. The van der Waals surface area contributed by atoms with Gasteiger partial charge in [-0.15, -0.1) is 0 Å². The van der Waals surface area contributed by atoms with Crippen molar-refractivity contribution in [2.75, 3.05) is 20.2 Å². The van der Waals surface area contributed by atoms with Crippen LogP contribution in [0.4, 0.5) is 0 Å². The number of amides is 1. The van der Waals surface area contributed by atoms with E-state index >= 15 is 0 Å². The molecule has 3 aromatic rings. The minimum atomic E-state index is -0.110. The highest BCUT2D eigenvalue weighted by atomic mass is 32.1. The summed E-state index contributed by atoms with van der Waals surface area (Å²) in [7, 11) is 1.62. The number of thiazole rings is 1. The highest BCUT2D eigenvalue weighted by Crippen LogP contribution is 2.34. The van der Waals surface area contributed by atoms with Crippen LogP contribution in [0.25, 0.3) is 10.2 Å². The van der Waals surface area contributed by atoms with E-state index in [0.717, 1.165) is 16.0 Å². The number of hydrogen-bond acceptors (Lipinski definition) is 6. The third-order valence-electron chi connectivity index (χ3n) is 3.72. The second kappa shape index (κ2) is 5.58. The van der Waals surface area contributed by atoms with Crippen LogP contribution in [0.1, 0.15) is 10.6 Å². The number of hydrogen-bond donors (Lipinski definition) is 0. The Morgan fingerprint density at radius 1 is 1.35 bits per heavy atom. The van der Waals surface area contributed by atoms with Crippen molar-refractivity contribution in [1.29, 1.82) is 0 Å². The smallest absolute Gasteiger partial charge is 0.289 e. The van der Waals surface area contributed by atoms with Gasteiger partial charge in [0.05, 0.1) is 31.2 Å². The van der Waals surface area contributed by atoms with E-state index in [2.05, 4.69) is 4.98 Å². The molecule has 6 nitrogen and oxygen atoms in total. The van der Waals surface area contributed by atoms with Crippen LogP contribution < -0.4 is 9.47 Å². The predicted molar refractivity (Wildman–Crippen MR) is 85.2 cm³/mol. The molecule has 23 heavy (non-hydrogen) atoms. The van der Waals surface area contributed by atoms with Crippen molar-refractivity contribution in [1.82, 2.24) is 9.88 Å². The number of ether oxygens (including phenoxy) is 2. The number of nitrogens with zero attached hydrogens (tertiary/aromatic N) is 2. The van der Waals surface area contributed by atoms with Crippen molar-refractivity contribution < 1.29 is 18.7 Å². The minimum absolute atomic E-state index is 0.0412. The lowest BCUT2D eigenvalue weighted by atomic mass is 10.1. The highest BCUT2D eigenvalue weighted by Gasteiger charge is 2.34. The second-order valence-electron chi connectivity index (χ2n) is 5.21. The molecule has 0 aliphatic carbocycles. The van der Waals surface area contributed by atoms with E-state index in [9.17, 15) is 4.79 Å². The largest absolute Gasteiger partial charge is 0.494 e. The molecular formula is C16H14N2O4S. The van der Waals surface area contributed by atoms with Gasteiger partial charge in [-0.25, -0.2) is 0 Å². The SMILES string of the molecule is COc1cccc2sc(OC3CN(C(=O)c4ccco4)C3)nc12. The molecule has 0 spiro atoms. The van der Waals surface area contributed by atoms with Crippen molar-refractivity contribution >= 4 is 27.5 Å². The first-order valence-corrected chi connectivity index (χ1v) is 7.99. The van der Waals surface area contributed by atoms with Crippen LogP contribution in [-0.2, 0) is 0 Å². The first-order chi connectivity index (χ1) is 11.2. The standard InChI is InChI=1S/C16H14N2O4S/c1-20-11-4-2-6-13-14(11)17-16(23-13)22-10-8-18(9-10)15(19)12-5-3-7-21-12/h2-7,10H,8-9H2,1H3. The third-order valence-corrected chi connectivity index (χ3v) is 4.63. The summed E-state index contributed by atoms with van der Waals surface area (Å²) in [5.41, 5.74) is 0.804. The van der Waals surface area contributed by atoms with E-state index in [-0.39, 0.29) is 12.0 Å². The van der Waals surface area contributed by atoms with Gasteiger partial charge in [0.1, 0.15) is 17.4 Å². The summed E-state index contributed by atoms with van der Waals surface area (Å²) in [5, 5.41) is 0.597. The number of methoxy groups -OCH3 is 1. The number of likely N-dealkylation sites (tertiary alicyclic amines) is 1. The lowest BCUT2D eigenvalue weighted by Crippen LogP contribution is -2.56. The van der Waals surface area contributed by atoms with Crippen molar-refractivity contribution in [3.8, 4) is 10.9 Å². The first kappa shape index (κ1) is 14.1. The van der Waals surface area contributed by atoms with Gasteiger partial charge < -0.3 is 18.8 Å². The van der Waals surface area contributed by atoms with E-state index in [1.54, 1.807) is 24.1 Å². The highest BCUT2D eigenvalue weighted by molar-refractivity contribution is 7.20. The Hall–Kier alpha value is -2.54. The van der Waals surface area contributed by atoms with E-state index in [1.807, 2.05) is 18.2 Å². The Morgan fingerprint density at radius 2 is 2.22 bits per heavy atom. The van der Waals surface area contributed by atoms with E-state index in [0.29, 0.717) is 24.0 Å². The maximum absolute atomic E-state index is 12.1. The molecule has 118 valence electrons. The molecule has 0 unspecified atom stereocenters. The summed E-state index contributed by atoms with van der Waals surface area (Å²) < 4.78 is 17.3. The minimum Gasteiger partial charge on any atom is -0.494 e. The summed E-state index contributed by atoms with van der Waals surface area (Å²) in [6, 6.07) is 9.15. The van der Waals surface area contributed by atoms with E-state index < -0.39 is 0 Å². The van der Waals surface area contributed by atoms with Gasteiger partial charge in [-0.2, -0.15) is 4.98 Å². The number of carbonyl (C=O) groups excluding carboxylic acids is 1. The Bertz CT molecular complexity index is 837. The van der Waals surface area contributed by atoms with Gasteiger partial charge >= 0.3 is 0 Å². The summed E-state index contributed by atoms with van der Waals surface area (Å²) in [5.74, 6) is 0.978. The first-order valence-electron chi connectivity index (χ1n) is 7.17. The number of fused-ring (bicyclic) bond motifs is 1. The van der Waals surface area contributed by atoms with Crippen molar-refractivity contribution in [3.63, 3.8) is 0 Å². The van der Waals surface area contributed by atoms with Gasteiger partial charge in [-0.05, 0) is 24.3 Å². The van der Waals surface area contributed by atoms with Crippen LogP contribution in [0.15, 0.2) is 41.0 Å². The average molecular weight is 330 g/mol. The van der Waals surface area contributed by atoms with E-state index in [1.165, 1.54) is 17.6 Å². The predicted octanol–water partition coefficient (Wildman–Crippen LogP) is 2.80. The van der Waals surface area contributed by atoms with Crippen LogP contribution in [-0.4, -0.2) is 42.1 Å². The maximum atomic E-state index is 12.1. The van der Waals surface area contributed by atoms with Gasteiger partial charge in [0.25, 0.3) is 11.1 Å². The number of furan rings is 1. The Kier molecular flexibility index (Phi) is 3.42. The van der Waals surface area contributed by atoms with Gasteiger partial charge in [0, 0.05) is 0 Å². The van der Waals surface area contributed by atoms with Gasteiger partial charge in [-0.3, -0.25) is 4.79 Å². The quantitative estimate of drug-likeness (QED) is 0.736. The van der Waals surface area contributed by atoms with Crippen LogP contribution in [0, 0.1) is 0 Å². The average Bonchev–Trinajstić information content (AvgIpc) is 3.18. The number of para-hydroxylation sites is 1. The molecule has 1 amide bonds. The molecule has 3 heterocycles. The van der Waals surface area contributed by atoms with Crippen molar-refractivity contribution in [2.45, 2.75) is 6.10 Å². The Balaban J connectivity index is 1.42. The molecule has 0 N–H and O–H groups in total. The fourth-order valence-electron chi connectivity index (χ4n) is 2.50. The Labute approximate surface area is 136 Å². The molecular weight excluding hydrogens is 316 g/mol. The molecule has 7 heteroatoms. The molecule has 1 aliphatic rings. The van der Waals surface area contributed by atoms with Gasteiger partial charge in [0.2, 0.25) is 0 Å². The molecule has 1 saturated heterocycles. The van der Waals surface area contributed by atoms with Crippen LogP contribution in [0.5, 0.6) is 10.9 Å². The molecule has 1 aromatic carbocycles. The van der Waals surface area contributed by atoms with Gasteiger partial charge in [-0.1, -0.05) is 17.4 Å². The zero-order valence-corrected chi connectivity index (χ0v) is 13.2. The number of rotatable bonds is 4. The molecule has 0 atom stereocenters. The lowest BCUT2D eigenvalue weighted by Gasteiger charge is -2.37. The zero-order valence-electron chi connectivity index (χ0n) is 12.4. The second-order valence-corrected chi connectivity index (χ2v) is 6.21.